The predicted octanol–water partition coefficient (Wildman–Crippen LogP) is 2.21. The Bertz CT molecular complexity index is 488. The van der Waals surface area contributed by atoms with Crippen LogP contribution < -0.4 is 5.73 Å². The number of nitrogens with zero attached hydrogens (tertiary/aromatic N) is 2. The minimum atomic E-state index is -0.234. The van der Waals surface area contributed by atoms with E-state index in [1.165, 1.54) is 17.7 Å². The van der Waals surface area contributed by atoms with Gasteiger partial charge in [0.1, 0.15) is 5.82 Å². The average molecular weight is 233 g/mol. The highest BCUT2D eigenvalue weighted by molar-refractivity contribution is 5.34. The molecule has 4 heteroatoms. The molecule has 2 rings (SSSR count). The molecule has 0 unspecified atom stereocenters. The first kappa shape index (κ1) is 11.8. The smallest absolute Gasteiger partial charge is 0.123 e. The molecule has 0 aliphatic rings. The quantitative estimate of drug-likeness (QED) is 0.879. The van der Waals surface area contributed by atoms with Gasteiger partial charge in [-0.25, -0.2) is 9.07 Å². The topological polar surface area (TPSA) is 43.8 Å². The van der Waals surface area contributed by atoms with E-state index < -0.39 is 0 Å². The summed E-state index contributed by atoms with van der Waals surface area (Å²) in [4.78, 5) is 0. The van der Waals surface area contributed by atoms with Crippen LogP contribution in [-0.4, -0.2) is 16.3 Å². The van der Waals surface area contributed by atoms with Gasteiger partial charge in [-0.3, -0.25) is 0 Å². The Morgan fingerprint density at radius 2 is 2.00 bits per heavy atom. The van der Waals surface area contributed by atoms with E-state index in [0.717, 1.165) is 24.2 Å². The molecule has 0 saturated heterocycles. The number of halogens is 1. The molecule has 3 nitrogen and oxygen atoms in total. The van der Waals surface area contributed by atoms with Crippen molar-refractivity contribution < 1.29 is 4.39 Å². The van der Waals surface area contributed by atoms with Crippen LogP contribution in [0.4, 0.5) is 4.39 Å². The monoisotopic (exact) mass is 233 g/mol. The minimum absolute atomic E-state index is 0.234. The van der Waals surface area contributed by atoms with Crippen LogP contribution >= 0.6 is 0 Å². The Morgan fingerprint density at radius 1 is 1.29 bits per heavy atom. The summed E-state index contributed by atoms with van der Waals surface area (Å²) in [5.41, 5.74) is 8.65. The Morgan fingerprint density at radius 3 is 2.65 bits per heavy atom. The van der Waals surface area contributed by atoms with E-state index in [-0.39, 0.29) is 5.82 Å². The summed E-state index contributed by atoms with van der Waals surface area (Å²) in [6, 6.07) is 6.33. The van der Waals surface area contributed by atoms with E-state index in [2.05, 4.69) is 5.10 Å². The van der Waals surface area contributed by atoms with Gasteiger partial charge in [-0.05, 0) is 56.1 Å². The van der Waals surface area contributed by atoms with Gasteiger partial charge in [-0.2, -0.15) is 5.10 Å². The first-order valence-electron chi connectivity index (χ1n) is 5.72. The van der Waals surface area contributed by atoms with Gasteiger partial charge in [-0.15, -0.1) is 0 Å². The van der Waals surface area contributed by atoms with Gasteiger partial charge < -0.3 is 5.73 Å². The summed E-state index contributed by atoms with van der Waals surface area (Å²) in [7, 11) is 0. The zero-order chi connectivity index (χ0) is 12.3. The summed E-state index contributed by atoms with van der Waals surface area (Å²) in [6.07, 6.45) is 3.74. The van der Waals surface area contributed by atoms with E-state index in [1.54, 1.807) is 12.1 Å². The molecule has 0 saturated carbocycles. The lowest BCUT2D eigenvalue weighted by Crippen LogP contribution is -2.02. The van der Waals surface area contributed by atoms with Crippen molar-refractivity contribution in [1.82, 2.24) is 9.78 Å². The van der Waals surface area contributed by atoms with Crippen molar-refractivity contribution in [2.24, 2.45) is 5.73 Å². The first-order valence-corrected chi connectivity index (χ1v) is 5.72. The fraction of sp³-hybridized carbons (Fsp3) is 0.308. The van der Waals surface area contributed by atoms with Crippen LogP contribution in [0.3, 0.4) is 0 Å². The number of hydrogen-bond donors (Lipinski definition) is 1. The number of aryl methyl sites for hydroxylation is 1. The summed E-state index contributed by atoms with van der Waals surface area (Å²) in [5, 5.41) is 4.32. The molecule has 0 bridgehead atoms. The van der Waals surface area contributed by atoms with E-state index in [9.17, 15) is 4.39 Å². The maximum Gasteiger partial charge on any atom is 0.123 e. The second-order valence-electron chi connectivity index (χ2n) is 4.04. The number of hydrogen-bond acceptors (Lipinski definition) is 2. The van der Waals surface area contributed by atoms with Crippen LogP contribution in [0.5, 0.6) is 0 Å². The van der Waals surface area contributed by atoms with E-state index in [0.29, 0.717) is 6.54 Å². The Hall–Kier alpha value is -1.68. The van der Waals surface area contributed by atoms with Gasteiger partial charge in [0, 0.05) is 5.69 Å². The van der Waals surface area contributed by atoms with Gasteiger partial charge in [0.2, 0.25) is 0 Å². The molecule has 90 valence electrons. The van der Waals surface area contributed by atoms with Crippen molar-refractivity contribution in [2.45, 2.75) is 19.8 Å². The highest BCUT2D eigenvalue weighted by Crippen LogP contribution is 2.15. The Balaban J connectivity index is 2.27. The lowest BCUT2D eigenvalue weighted by molar-refractivity contribution is 0.627. The predicted molar refractivity (Wildman–Crippen MR) is 65.6 cm³/mol. The highest BCUT2D eigenvalue weighted by atomic mass is 19.1. The Labute approximate surface area is 100 Å². The minimum Gasteiger partial charge on any atom is -0.330 e. The number of nitrogens with two attached hydrogens (primary N) is 1. The summed E-state index contributed by atoms with van der Waals surface area (Å²) in [6.45, 7) is 2.70. The molecular weight excluding hydrogens is 217 g/mol. The van der Waals surface area contributed by atoms with Gasteiger partial charge in [0.05, 0.1) is 11.9 Å². The van der Waals surface area contributed by atoms with Gasteiger partial charge in [0.15, 0.2) is 0 Å². The van der Waals surface area contributed by atoms with Crippen LogP contribution in [0, 0.1) is 12.7 Å². The maximum atomic E-state index is 12.8. The van der Waals surface area contributed by atoms with Crippen molar-refractivity contribution in [2.75, 3.05) is 6.54 Å². The lowest BCUT2D eigenvalue weighted by atomic mass is 10.1. The molecule has 1 aromatic carbocycles. The molecule has 1 aromatic heterocycles. The zero-order valence-corrected chi connectivity index (χ0v) is 9.86. The molecular formula is C13H16FN3. The molecule has 0 spiro atoms. The second-order valence-corrected chi connectivity index (χ2v) is 4.04. The normalized spacial score (nSPS) is 10.8. The molecule has 0 radical (unpaired) electrons. The van der Waals surface area contributed by atoms with Crippen molar-refractivity contribution in [3.63, 3.8) is 0 Å². The van der Waals surface area contributed by atoms with Crippen LogP contribution in [-0.2, 0) is 6.42 Å². The fourth-order valence-electron chi connectivity index (χ4n) is 1.82. The van der Waals surface area contributed by atoms with E-state index >= 15 is 0 Å². The van der Waals surface area contributed by atoms with Crippen molar-refractivity contribution in [1.29, 1.82) is 0 Å². The van der Waals surface area contributed by atoms with Crippen molar-refractivity contribution in [3.05, 3.63) is 47.5 Å². The third kappa shape index (κ3) is 2.53. The van der Waals surface area contributed by atoms with Gasteiger partial charge in [-0.1, -0.05) is 0 Å². The van der Waals surface area contributed by atoms with E-state index in [1.807, 2.05) is 17.8 Å². The SMILES string of the molecule is Cc1c(CCCN)cnn1-c1ccc(F)cc1. The summed E-state index contributed by atoms with van der Waals surface area (Å²) < 4.78 is 14.7. The molecule has 1 heterocycles. The molecule has 2 aromatic rings. The average Bonchev–Trinajstić information content (AvgIpc) is 2.69. The maximum absolute atomic E-state index is 12.8. The van der Waals surface area contributed by atoms with Crippen LogP contribution in [0.2, 0.25) is 0 Å². The first-order chi connectivity index (χ1) is 8.22. The molecule has 0 atom stereocenters. The number of benzene rings is 1. The summed E-state index contributed by atoms with van der Waals surface area (Å²) >= 11 is 0. The highest BCUT2D eigenvalue weighted by Gasteiger charge is 2.07. The number of aromatic nitrogens is 2. The molecule has 2 N–H and O–H groups in total. The zero-order valence-electron chi connectivity index (χ0n) is 9.86. The van der Waals surface area contributed by atoms with Crippen LogP contribution in [0.15, 0.2) is 30.5 Å². The van der Waals surface area contributed by atoms with Gasteiger partial charge >= 0.3 is 0 Å². The molecule has 0 aliphatic heterocycles. The molecule has 0 aliphatic carbocycles. The second kappa shape index (κ2) is 5.10. The third-order valence-corrected chi connectivity index (χ3v) is 2.83. The van der Waals surface area contributed by atoms with Gasteiger partial charge in [0.25, 0.3) is 0 Å². The fourth-order valence-corrected chi connectivity index (χ4v) is 1.82. The van der Waals surface area contributed by atoms with Crippen molar-refractivity contribution in [3.8, 4) is 5.69 Å². The molecule has 17 heavy (non-hydrogen) atoms. The summed E-state index contributed by atoms with van der Waals surface area (Å²) in [5.74, 6) is -0.234. The van der Waals surface area contributed by atoms with Crippen LogP contribution in [0.25, 0.3) is 5.69 Å². The molecule has 0 amide bonds. The Kier molecular flexibility index (Phi) is 3.54. The van der Waals surface area contributed by atoms with Crippen molar-refractivity contribution >= 4 is 0 Å². The molecule has 0 fully saturated rings. The lowest BCUT2D eigenvalue weighted by Gasteiger charge is -2.05. The van der Waals surface area contributed by atoms with E-state index in [4.69, 9.17) is 5.73 Å². The standard InChI is InChI=1S/C13H16FN3/c1-10-11(3-2-8-15)9-16-17(10)13-6-4-12(14)5-7-13/h4-7,9H,2-3,8,15H2,1H3. The third-order valence-electron chi connectivity index (χ3n) is 2.83. The number of rotatable bonds is 4. The largest absolute Gasteiger partial charge is 0.330 e. The van der Waals surface area contributed by atoms with Crippen LogP contribution in [0.1, 0.15) is 17.7 Å².